The Morgan fingerprint density at radius 3 is 2.58 bits per heavy atom. The minimum Gasteiger partial charge on any atom is -0.493 e. The predicted molar refractivity (Wildman–Crippen MR) is 132 cm³/mol. The molecule has 3 rings (SSSR count). The van der Waals surface area contributed by atoms with E-state index in [0.717, 1.165) is 8.95 Å². The van der Waals surface area contributed by atoms with Crippen LogP contribution in [0.4, 0.5) is 0 Å². The molecule has 3 aromatic rings. The Labute approximate surface area is 197 Å². The highest BCUT2D eigenvalue weighted by Crippen LogP contribution is 2.34. The molecule has 0 N–H and O–H groups in total. The second-order valence-electron chi connectivity index (χ2n) is 7.83. The third-order valence-electron chi connectivity index (χ3n) is 4.41. The van der Waals surface area contributed by atoms with Gasteiger partial charge in [0.1, 0.15) is 12.4 Å². The third kappa shape index (κ3) is 5.07. The van der Waals surface area contributed by atoms with E-state index in [1.165, 1.54) is 4.68 Å². The van der Waals surface area contributed by atoms with Gasteiger partial charge in [-0.25, -0.2) is 4.98 Å². The Balaban J connectivity index is 2.24. The Morgan fingerprint density at radius 1 is 1.19 bits per heavy atom. The van der Waals surface area contributed by atoms with Crippen LogP contribution in [-0.2, 0) is 5.41 Å². The fourth-order valence-electron chi connectivity index (χ4n) is 2.99. The first kappa shape index (κ1) is 23.2. The van der Waals surface area contributed by atoms with E-state index in [0.29, 0.717) is 40.4 Å². The second-order valence-corrected chi connectivity index (χ2v) is 9.67. The minimum atomic E-state index is -0.408. The molecule has 6 nitrogen and oxygen atoms in total. The Bertz CT molecular complexity index is 1230. The van der Waals surface area contributed by atoms with E-state index in [-0.39, 0.29) is 5.56 Å². The number of methoxy groups -OCH3 is 1. The number of hydrogen-bond acceptors (Lipinski definition) is 5. The first-order chi connectivity index (χ1) is 14.7. The van der Waals surface area contributed by atoms with Crippen LogP contribution >= 0.6 is 31.9 Å². The van der Waals surface area contributed by atoms with Crippen molar-refractivity contribution in [3.05, 3.63) is 73.7 Å². The molecule has 0 aliphatic carbocycles. The van der Waals surface area contributed by atoms with E-state index < -0.39 is 5.41 Å². The van der Waals surface area contributed by atoms with E-state index in [1.807, 2.05) is 39.0 Å². The van der Waals surface area contributed by atoms with Crippen LogP contribution in [-0.4, -0.2) is 29.6 Å². The molecule has 0 radical (unpaired) electrons. The van der Waals surface area contributed by atoms with Gasteiger partial charge in [0, 0.05) is 19.9 Å². The van der Waals surface area contributed by atoms with Gasteiger partial charge in [0.15, 0.2) is 11.5 Å². The molecule has 1 aromatic heterocycles. The zero-order chi connectivity index (χ0) is 22.8. The van der Waals surface area contributed by atoms with Crippen molar-refractivity contribution < 1.29 is 9.47 Å². The topological polar surface area (TPSA) is 65.7 Å². The SMILES string of the molecule is C=CCOc1c(C=Nn2c(C(C)(C)C)nc3ccc(Br)cc3c2=O)cc(Br)cc1OC. The molecule has 0 aliphatic heterocycles. The van der Waals surface area contributed by atoms with Gasteiger partial charge in [-0.2, -0.15) is 9.78 Å². The monoisotopic (exact) mass is 547 g/mol. The van der Waals surface area contributed by atoms with Crippen LogP contribution < -0.4 is 15.0 Å². The molecular weight excluding hydrogens is 526 g/mol. The van der Waals surface area contributed by atoms with E-state index >= 15 is 0 Å². The molecule has 0 amide bonds. The molecule has 0 atom stereocenters. The summed E-state index contributed by atoms with van der Waals surface area (Å²) >= 11 is 6.90. The summed E-state index contributed by atoms with van der Waals surface area (Å²) in [5.41, 5.74) is 0.621. The largest absolute Gasteiger partial charge is 0.493 e. The van der Waals surface area contributed by atoms with Gasteiger partial charge in [-0.3, -0.25) is 4.79 Å². The highest BCUT2D eigenvalue weighted by atomic mass is 79.9. The number of fused-ring (bicyclic) bond motifs is 1. The summed E-state index contributed by atoms with van der Waals surface area (Å²) in [7, 11) is 1.57. The van der Waals surface area contributed by atoms with Gasteiger partial charge in [0.25, 0.3) is 5.56 Å². The number of halogens is 2. The molecule has 0 aliphatic rings. The average Bonchev–Trinajstić information content (AvgIpc) is 2.71. The number of rotatable bonds is 6. The Morgan fingerprint density at radius 2 is 1.94 bits per heavy atom. The molecule has 2 aromatic carbocycles. The van der Waals surface area contributed by atoms with Crippen molar-refractivity contribution >= 4 is 49.0 Å². The van der Waals surface area contributed by atoms with E-state index in [1.54, 1.807) is 31.5 Å². The lowest BCUT2D eigenvalue weighted by atomic mass is 9.95. The van der Waals surface area contributed by atoms with Gasteiger partial charge in [-0.15, -0.1) is 0 Å². The van der Waals surface area contributed by atoms with Crippen LogP contribution in [0.2, 0.25) is 0 Å². The van der Waals surface area contributed by atoms with Crippen LogP contribution in [0.5, 0.6) is 11.5 Å². The van der Waals surface area contributed by atoms with Gasteiger partial charge in [-0.05, 0) is 30.3 Å². The van der Waals surface area contributed by atoms with E-state index in [4.69, 9.17) is 14.5 Å². The highest BCUT2D eigenvalue weighted by molar-refractivity contribution is 9.10. The van der Waals surface area contributed by atoms with Crippen molar-refractivity contribution in [2.75, 3.05) is 13.7 Å². The van der Waals surface area contributed by atoms with Gasteiger partial charge in [-0.1, -0.05) is 65.3 Å². The molecule has 0 fully saturated rings. The predicted octanol–water partition coefficient (Wildman–Crippen LogP) is 5.67. The summed E-state index contributed by atoms with van der Waals surface area (Å²) in [6, 6.07) is 9.09. The second kappa shape index (κ2) is 9.36. The Kier molecular flexibility index (Phi) is 7.01. The lowest BCUT2D eigenvalue weighted by Crippen LogP contribution is -2.29. The maximum Gasteiger partial charge on any atom is 0.282 e. The smallest absolute Gasteiger partial charge is 0.282 e. The summed E-state index contributed by atoms with van der Waals surface area (Å²) in [4.78, 5) is 18.1. The quantitative estimate of drug-likeness (QED) is 0.294. The molecule has 8 heteroatoms. The highest BCUT2D eigenvalue weighted by Gasteiger charge is 2.23. The molecule has 0 bridgehead atoms. The summed E-state index contributed by atoms with van der Waals surface area (Å²) in [5.74, 6) is 1.61. The molecule has 162 valence electrons. The first-order valence-corrected chi connectivity index (χ1v) is 11.1. The average molecular weight is 549 g/mol. The molecular formula is C23H23Br2N3O3. The standard InChI is InChI=1S/C23H23Br2N3O3/c1-6-9-31-20-14(10-16(25)12-19(20)30-5)13-26-28-21(29)17-11-15(24)7-8-18(17)27-22(28)23(2,3)4/h6-8,10-13H,1,9H2,2-5H3. The number of ether oxygens (including phenoxy) is 2. The number of hydrogen-bond donors (Lipinski definition) is 0. The first-order valence-electron chi connectivity index (χ1n) is 9.54. The van der Waals surface area contributed by atoms with Crippen LogP contribution in [0.15, 0.2) is 61.8 Å². The van der Waals surface area contributed by atoms with Crippen LogP contribution in [0.1, 0.15) is 32.2 Å². The molecule has 31 heavy (non-hydrogen) atoms. The third-order valence-corrected chi connectivity index (χ3v) is 5.36. The Hall–Kier alpha value is -2.45. The van der Waals surface area contributed by atoms with Crippen LogP contribution in [0, 0.1) is 0 Å². The van der Waals surface area contributed by atoms with Crippen molar-refractivity contribution in [1.29, 1.82) is 0 Å². The fraction of sp³-hybridized carbons (Fsp3) is 0.261. The molecule has 0 saturated heterocycles. The molecule has 0 saturated carbocycles. The maximum atomic E-state index is 13.3. The van der Waals surface area contributed by atoms with Crippen molar-refractivity contribution in [2.45, 2.75) is 26.2 Å². The van der Waals surface area contributed by atoms with Crippen molar-refractivity contribution in [3.63, 3.8) is 0 Å². The summed E-state index contributed by atoms with van der Waals surface area (Å²) in [5, 5.41) is 5.01. The van der Waals surface area contributed by atoms with Gasteiger partial charge in [0.2, 0.25) is 0 Å². The summed E-state index contributed by atoms with van der Waals surface area (Å²) in [6.45, 7) is 9.97. The minimum absolute atomic E-state index is 0.247. The fourth-order valence-corrected chi connectivity index (χ4v) is 3.81. The zero-order valence-electron chi connectivity index (χ0n) is 17.8. The van der Waals surface area contributed by atoms with Crippen LogP contribution in [0.3, 0.4) is 0 Å². The number of benzene rings is 2. The van der Waals surface area contributed by atoms with Gasteiger partial charge < -0.3 is 9.47 Å². The van der Waals surface area contributed by atoms with Crippen molar-refractivity contribution in [1.82, 2.24) is 9.66 Å². The van der Waals surface area contributed by atoms with Crippen molar-refractivity contribution in [3.8, 4) is 11.5 Å². The number of nitrogens with zero attached hydrogens (tertiary/aromatic N) is 3. The normalized spacial score (nSPS) is 11.8. The molecule has 1 heterocycles. The summed E-state index contributed by atoms with van der Waals surface area (Å²) < 4.78 is 14.2. The molecule has 0 spiro atoms. The van der Waals surface area contributed by atoms with Gasteiger partial charge in [0.05, 0.1) is 24.2 Å². The lowest BCUT2D eigenvalue weighted by molar-refractivity contribution is 0.326. The van der Waals surface area contributed by atoms with E-state index in [9.17, 15) is 4.79 Å². The number of aromatic nitrogens is 2. The maximum absolute atomic E-state index is 13.3. The lowest BCUT2D eigenvalue weighted by Gasteiger charge is -2.21. The molecule has 0 unspecified atom stereocenters. The van der Waals surface area contributed by atoms with Gasteiger partial charge >= 0.3 is 0 Å². The zero-order valence-corrected chi connectivity index (χ0v) is 20.9. The van der Waals surface area contributed by atoms with E-state index in [2.05, 4.69) is 43.5 Å². The summed E-state index contributed by atoms with van der Waals surface area (Å²) in [6.07, 6.45) is 3.23. The van der Waals surface area contributed by atoms with Crippen LogP contribution in [0.25, 0.3) is 10.9 Å². The van der Waals surface area contributed by atoms with Crippen molar-refractivity contribution in [2.24, 2.45) is 5.10 Å².